The molecule has 4 nitrogen and oxygen atoms in total. The van der Waals surface area contributed by atoms with Gasteiger partial charge in [0.05, 0.1) is 12.8 Å². The summed E-state index contributed by atoms with van der Waals surface area (Å²) in [6.07, 6.45) is -0.350. The van der Waals surface area contributed by atoms with Crippen molar-refractivity contribution in [2.75, 3.05) is 0 Å². The molecule has 4 heteroatoms. The van der Waals surface area contributed by atoms with E-state index in [9.17, 15) is 9.59 Å². The van der Waals surface area contributed by atoms with Crippen molar-refractivity contribution in [3.8, 4) is 0 Å². The molecule has 0 unspecified atom stereocenters. The van der Waals surface area contributed by atoms with Crippen LogP contribution < -0.4 is 0 Å². The first kappa shape index (κ1) is 13.4. The molecular weight excluding hydrogens is 196 g/mol. The van der Waals surface area contributed by atoms with E-state index in [0.717, 1.165) is 0 Å². The van der Waals surface area contributed by atoms with Crippen molar-refractivity contribution in [1.82, 2.24) is 0 Å². The van der Waals surface area contributed by atoms with Gasteiger partial charge in [0.15, 0.2) is 0 Å². The van der Waals surface area contributed by atoms with Gasteiger partial charge in [0, 0.05) is 5.41 Å². The summed E-state index contributed by atoms with van der Waals surface area (Å²) in [5, 5.41) is 17.2. The average molecular weight is 212 g/mol. The number of carboxylic acid groups (broad SMARTS) is 2. The smallest absolute Gasteiger partial charge is 0.307 e. The zero-order valence-corrected chi connectivity index (χ0v) is 9.04. The van der Waals surface area contributed by atoms with Gasteiger partial charge in [-0.2, -0.15) is 0 Å². The third-order valence-corrected chi connectivity index (χ3v) is 2.50. The zero-order valence-electron chi connectivity index (χ0n) is 9.04. The molecule has 0 aromatic rings. The predicted molar refractivity (Wildman–Crippen MR) is 56.6 cm³/mol. The standard InChI is InChI=1S/C11H16O4/c1-7(5-9(12)13)11(3,4)8(2)6-10(14)15/h1-2,5-6H2,3-4H3,(H,12,13)(H,14,15). The van der Waals surface area contributed by atoms with Crippen molar-refractivity contribution in [2.45, 2.75) is 26.7 Å². The Labute approximate surface area is 88.9 Å². The van der Waals surface area contributed by atoms with E-state index in [2.05, 4.69) is 13.2 Å². The Balaban J connectivity index is 4.65. The first-order valence-corrected chi connectivity index (χ1v) is 4.48. The van der Waals surface area contributed by atoms with Crippen LogP contribution in [0, 0.1) is 5.41 Å². The fourth-order valence-corrected chi connectivity index (χ4v) is 1.06. The molecule has 84 valence electrons. The van der Waals surface area contributed by atoms with Crippen LogP contribution in [0.25, 0.3) is 0 Å². The van der Waals surface area contributed by atoms with Crippen molar-refractivity contribution in [3.05, 3.63) is 24.3 Å². The van der Waals surface area contributed by atoms with Crippen LogP contribution in [0.3, 0.4) is 0 Å². The zero-order chi connectivity index (χ0) is 12.2. The van der Waals surface area contributed by atoms with Gasteiger partial charge in [-0.05, 0) is 0 Å². The monoisotopic (exact) mass is 212 g/mol. The summed E-state index contributed by atoms with van der Waals surface area (Å²) >= 11 is 0. The first-order valence-electron chi connectivity index (χ1n) is 4.48. The molecule has 0 fully saturated rings. The fraction of sp³-hybridized carbons (Fsp3) is 0.455. The minimum Gasteiger partial charge on any atom is -0.481 e. The van der Waals surface area contributed by atoms with Crippen LogP contribution in [-0.2, 0) is 9.59 Å². The molecule has 0 atom stereocenters. The van der Waals surface area contributed by atoms with Crippen LogP contribution in [0.4, 0.5) is 0 Å². The lowest BCUT2D eigenvalue weighted by Crippen LogP contribution is -2.20. The van der Waals surface area contributed by atoms with Gasteiger partial charge in [-0.3, -0.25) is 9.59 Å². The minimum atomic E-state index is -0.976. The molecule has 0 aliphatic carbocycles. The number of rotatable bonds is 6. The van der Waals surface area contributed by atoms with E-state index >= 15 is 0 Å². The van der Waals surface area contributed by atoms with Crippen molar-refractivity contribution in [3.63, 3.8) is 0 Å². The molecule has 0 spiro atoms. The maximum atomic E-state index is 10.5. The van der Waals surface area contributed by atoms with E-state index in [0.29, 0.717) is 11.1 Å². The summed E-state index contributed by atoms with van der Waals surface area (Å²) in [6, 6.07) is 0. The molecule has 0 rings (SSSR count). The molecule has 0 aliphatic rings. The number of hydrogen-bond donors (Lipinski definition) is 2. The lowest BCUT2D eigenvalue weighted by Gasteiger charge is -2.28. The van der Waals surface area contributed by atoms with Gasteiger partial charge in [0.25, 0.3) is 0 Å². The second-order valence-electron chi connectivity index (χ2n) is 3.97. The first-order chi connectivity index (χ1) is 6.67. The second kappa shape index (κ2) is 4.77. The van der Waals surface area contributed by atoms with Crippen molar-refractivity contribution in [1.29, 1.82) is 0 Å². The SMILES string of the molecule is C=C(CC(=O)O)C(C)(C)C(=C)CC(=O)O. The van der Waals surface area contributed by atoms with E-state index in [-0.39, 0.29) is 12.8 Å². The highest BCUT2D eigenvalue weighted by Gasteiger charge is 2.27. The Bertz CT molecular complexity index is 283. The Morgan fingerprint density at radius 2 is 1.27 bits per heavy atom. The van der Waals surface area contributed by atoms with Crippen LogP contribution in [0.1, 0.15) is 26.7 Å². The summed E-state index contributed by atoms with van der Waals surface area (Å²) in [4.78, 5) is 21.0. The molecule has 0 amide bonds. The maximum Gasteiger partial charge on any atom is 0.307 e. The van der Waals surface area contributed by atoms with Gasteiger partial charge in [-0.1, -0.05) is 38.2 Å². The minimum absolute atomic E-state index is 0.175. The molecule has 0 aliphatic heterocycles. The summed E-state index contributed by atoms with van der Waals surface area (Å²) in [5.74, 6) is -1.95. The number of hydrogen-bond acceptors (Lipinski definition) is 2. The van der Waals surface area contributed by atoms with Gasteiger partial charge in [0.2, 0.25) is 0 Å². The van der Waals surface area contributed by atoms with Crippen molar-refractivity contribution in [2.24, 2.45) is 5.41 Å². The maximum absolute atomic E-state index is 10.5. The van der Waals surface area contributed by atoms with Crippen LogP contribution in [0.5, 0.6) is 0 Å². The van der Waals surface area contributed by atoms with Crippen LogP contribution >= 0.6 is 0 Å². The van der Waals surface area contributed by atoms with Crippen LogP contribution in [0.2, 0.25) is 0 Å². The molecule has 0 saturated carbocycles. The summed E-state index contributed by atoms with van der Waals surface area (Å²) in [5.41, 5.74) is 0.249. The molecule has 0 bridgehead atoms. The predicted octanol–water partition coefficient (Wildman–Crippen LogP) is 2.07. The summed E-state index contributed by atoms with van der Waals surface area (Å²) in [7, 11) is 0. The summed E-state index contributed by atoms with van der Waals surface area (Å²) in [6.45, 7) is 10.8. The lowest BCUT2D eigenvalue weighted by atomic mass is 9.76. The lowest BCUT2D eigenvalue weighted by molar-refractivity contribution is -0.137. The van der Waals surface area contributed by atoms with Crippen LogP contribution in [-0.4, -0.2) is 22.2 Å². The highest BCUT2D eigenvalue weighted by atomic mass is 16.4. The quantitative estimate of drug-likeness (QED) is 0.661. The van der Waals surface area contributed by atoms with Gasteiger partial charge >= 0.3 is 11.9 Å². The fourth-order valence-electron chi connectivity index (χ4n) is 1.06. The molecule has 0 radical (unpaired) electrons. The molecule has 0 saturated heterocycles. The van der Waals surface area contributed by atoms with E-state index in [4.69, 9.17) is 10.2 Å². The second-order valence-corrected chi connectivity index (χ2v) is 3.97. The van der Waals surface area contributed by atoms with E-state index < -0.39 is 17.4 Å². The normalized spacial score (nSPS) is 10.8. The Morgan fingerprint density at radius 3 is 1.47 bits per heavy atom. The Hall–Kier alpha value is -1.58. The van der Waals surface area contributed by atoms with Crippen molar-refractivity contribution < 1.29 is 19.8 Å². The van der Waals surface area contributed by atoms with Gasteiger partial charge < -0.3 is 10.2 Å². The van der Waals surface area contributed by atoms with E-state index in [1.807, 2.05) is 0 Å². The third-order valence-electron chi connectivity index (χ3n) is 2.50. The Kier molecular flexibility index (Phi) is 4.27. The topological polar surface area (TPSA) is 74.6 Å². The van der Waals surface area contributed by atoms with Crippen molar-refractivity contribution >= 4 is 11.9 Å². The van der Waals surface area contributed by atoms with Gasteiger partial charge in [-0.15, -0.1) is 0 Å². The highest BCUT2D eigenvalue weighted by Crippen LogP contribution is 2.36. The van der Waals surface area contributed by atoms with E-state index in [1.54, 1.807) is 13.8 Å². The summed E-state index contributed by atoms with van der Waals surface area (Å²) < 4.78 is 0. The number of carbonyl (C=O) groups is 2. The van der Waals surface area contributed by atoms with E-state index in [1.165, 1.54) is 0 Å². The van der Waals surface area contributed by atoms with Gasteiger partial charge in [0.1, 0.15) is 0 Å². The number of aliphatic carboxylic acids is 2. The molecule has 15 heavy (non-hydrogen) atoms. The largest absolute Gasteiger partial charge is 0.481 e. The average Bonchev–Trinajstić information content (AvgIpc) is 2.01. The molecule has 0 aromatic carbocycles. The molecule has 0 heterocycles. The van der Waals surface area contributed by atoms with Crippen LogP contribution in [0.15, 0.2) is 24.3 Å². The highest BCUT2D eigenvalue weighted by molar-refractivity contribution is 5.72. The third kappa shape index (κ3) is 3.97. The van der Waals surface area contributed by atoms with Gasteiger partial charge in [-0.25, -0.2) is 0 Å². The number of carboxylic acids is 2. The molecule has 0 aromatic heterocycles. The molecular formula is C11H16O4. The molecule has 2 N–H and O–H groups in total. The Morgan fingerprint density at radius 1 is 1.00 bits per heavy atom.